The van der Waals surface area contributed by atoms with Crippen LogP contribution in [0.25, 0.3) is 26.9 Å². The Morgan fingerprint density at radius 2 is 1.78 bits per heavy atom. The summed E-state index contributed by atoms with van der Waals surface area (Å²) in [6.07, 6.45) is 1.63. The van der Waals surface area contributed by atoms with Crippen molar-refractivity contribution in [2.45, 2.75) is 6.54 Å². The Kier molecular flexibility index (Phi) is 5.08. The van der Waals surface area contributed by atoms with Gasteiger partial charge in [-0.3, -0.25) is 4.79 Å². The summed E-state index contributed by atoms with van der Waals surface area (Å²) in [5.41, 5.74) is 2.49. The number of benzene rings is 3. The van der Waals surface area contributed by atoms with E-state index in [1.807, 2.05) is 48.5 Å². The quantitative estimate of drug-likeness (QED) is 0.449. The maximum Gasteiger partial charge on any atom is 0.338 e. The van der Waals surface area contributed by atoms with E-state index in [1.54, 1.807) is 18.3 Å². The first-order chi connectivity index (χ1) is 15.6. The van der Waals surface area contributed by atoms with Crippen molar-refractivity contribution in [2.24, 2.45) is 0 Å². The van der Waals surface area contributed by atoms with Crippen molar-refractivity contribution in [2.75, 3.05) is 0 Å². The van der Waals surface area contributed by atoms with E-state index < -0.39 is 6.03 Å². The SMILES string of the molecule is O=C(NCc1cn(-c2ccc(F)cc2)nn1)n1sc2cccc(-c3ccccc3)c2c1=O. The van der Waals surface area contributed by atoms with Gasteiger partial charge in [0.25, 0.3) is 5.56 Å². The summed E-state index contributed by atoms with van der Waals surface area (Å²) in [7, 11) is 0. The number of nitrogens with zero attached hydrogens (tertiary/aromatic N) is 4. The van der Waals surface area contributed by atoms with Crippen LogP contribution in [0.5, 0.6) is 0 Å². The molecule has 158 valence electrons. The van der Waals surface area contributed by atoms with Crippen molar-refractivity contribution >= 4 is 27.6 Å². The monoisotopic (exact) mass is 445 g/mol. The van der Waals surface area contributed by atoms with Crippen LogP contribution in [0.15, 0.2) is 83.8 Å². The van der Waals surface area contributed by atoms with Crippen molar-refractivity contribution < 1.29 is 9.18 Å². The first kappa shape index (κ1) is 19.8. The number of carbonyl (C=O) groups excluding carboxylic acids is 1. The Morgan fingerprint density at radius 3 is 2.56 bits per heavy atom. The molecule has 0 aliphatic carbocycles. The van der Waals surface area contributed by atoms with Crippen LogP contribution in [0.3, 0.4) is 0 Å². The molecule has 0 bridgehead atoms. The van der Waals surface area contributed by atoms with Crippen LogP contribution in [-0.4, -0.2) is 25.0 Å². The standard InChI is InChI=1S/C23H16FN5O2S/c24-16-9-11-18(12-10-16)28-14-17(26-27-28)13-25-23(31)29-22(30)21-19(7-4-8-20(21)32-29)15-5-2-1-3-6-15/h1-12,14H,13H2,(H,25,31). The highest BCUT2D eigenvalue weighted by Gasteiger charge is 2.17. The summed E-state index contributed by atoms with van der Waals surface area (Å²) < 4.78 is 16.4. The highest BCUT2D eigenvalue weighted by Crippen LogP contribution is 2.28. The highest BCUT2D eigenvalue weighted by molar-refractivity contribution is 7.14. The molecule has 32 heavy (non-hydrogen) atoms. The van der Waals surface area contributed by atoms with Crippen molar-refractivity contribution in [3.05, 3.63) is 101 Å². The fraction of sp³-hybridized carbons (Fsp3) is 0.0435. The number of fused-ring (bicyclic) bond motifs is 1. The summed E-state index contributed by atoms with van der Waals surface area (Å²) in [4.78, 5) is 25.8. The zero-order valence-corrected chi connectivity index (χ0v) is 17.4. The molecule has 0 fully saturated rings. The molecule has 0 unspecified atom stereocenters. The van der Waals surface area contributed by atoms with E-state index in [9.17, 15) is 14.0 Å². The topological polar surface area (TPSA) is 81.8 Å². The molecule has 0 radical (unpaired) electrons. The van der Waals surface area contributed by atoms with E-state index in [0.29, 0.717) is 16.8 Å². The first-order valence-electron chi connectivity index (χ1n) is 9.76. The van der Waals surface area contributed by atoms with Crippen LogP contribution in [-0.2, 0) is 6.54 Å². The van der Waals surface area contributed by atoms with Gasteiger partial charge in [0.2, 0.25) is 0 Å². The van der Waals surface area contributed by atoms with Crippen LogP contribution in [0.2, 0.25) is 0 Å². The molecule has 1 amide bonds. The van der Waals surface area contributed by atoms with Gasteiger partial charge in [0, 0.05) is 0 Å². The second kappa shape index (κ2) is 8.20. The molecule has 0 spiro atoms. The molecule has 2 aromatic heterocycles. The van der Waals surface area contributed by atoms with E-state index in [-0.39, 0.29) is 17.9 Å². The fourth-order valence-corrected chi connectivity index (χ4v) is 4.34. The minimum absolute atomic E-state index is 0.0895. The molecule has 9 heteroatoms. The highest BCUT2D eigenvalue weighted by atomic mass is 32.1. The number of amides is 1. The lowest BCUT2D eigenvalue weighted by atomic mass is 10.0. The third kappa shape index (κ3) is 3.69. The molecule has 0 saturated carbocycles. The lowest BCUT2D eigenvalue weighted by Crippen LogP contribution is -2.32. The van der Waals surface area contributed by atoms with E-state index in [1.165, 1.54) is 16.8 Å². The third-order valence-electron chi connectivity index (χ3n) is 4.94. The Labute approximate surface area is 185 Å². The van der Waals surface area contributed by atoms with Gasteiger partial charge in [-0.25, -0.2) is 13.9 Å². The minimum Gasteiger partial charge on any atom is -0.331 e. The molecule has 0 saturated heterocycles. The molecule has 1 N–H and O–H groups in total. The zero-order valence-electron chi connectivity index (χ0n) is 16.6. The fourth-order valence-electron chi connectivity index (χ4n) is 3.40. The molecule has 0 aliphatic heterocycles. The van der Waals surface area contributed by atoms with E-state index in [2.05, 4.69) is 15.6 Å². The maximum atomic E-state index is 13.1. The molecule has 7 nitrogen and oxygen atoms in total. The Morgan fingerprint density at radius 1 is 1.00 bits per heavy atom. The molecule has 0 aliphatic rings. The molecule has 5 rings (SSSR count). The van der Waals surface area contributed by atoms with Crippen LogP contribution < -0.4 is 10.9 Å². The van der Waals surface area contributed by atoms with Crippen LogP contribution >= 0.6 is 11.5 Å². The van der Waals surface area contributed by atoms with Crippen molar-refractivity contribution in [3.8, 4) is 16.8 Å². The van der Waals surface area contributed by atoms with Gasteiger partial charge in [-0.1, -0.05) is 47.7 Å². The van der Waals surface area contributed by atoms with E-state index in [0.717, 1.165) is 31.3 Å². The van der Waals surface area contributed by atoms with Crippen molar-refractivity contribution in [1.29, 1.82) is 0 Å². The predicted molar refractivity (Wildman–Crippen MR) is 120 cm³/mol. The largest absolute Gasteiger partial charge is 0.338 e. The second-order valence-corrected chi connectivity index (χ2v) is 8.01. The second-order valence-electron chi connectivity index (χ2n) is 7.03. The average molecular weight is 445 g/mol. The molecular weight excluding hydrogens is 429 g/mol. The smallest absolute Gasteiger partial charge is 0.331 e. The van der Waals surface area contributed by atoms with Gasteiger partial charge >= 0.3 is 6.03 Å². The summed E-state index contributed by atoms with van der Waals surface area (Å²) in [6.45, 7) is 0.0895. The van der Waals surface area contributed by atoms with Gasteiger partial charge in [-0.15, -0.1) is 5.10 Å². The molecule has 0 atom stereocenters. The van der Waals surface area contributed by atoms with Crippen LogP contribution in [0.4, 0.5) is 9.18 Å². The number of nitrogens with one attached hydrogen (secondary N) is 1. The summed E-state index contributed by atoms with van der Waals surface area (Å²) in [5, 5.41) is 11.2. The van der Waals surface area contributed by atoms with Crippen molar-refractivity contribution in [1.82, 2.24) is 24.3 Å². The van der Waals surface area contributed by atoms with Gasteiger partial charge in [0.05, 0.1) is 28.5 Å². The lowest BCUT2D eigenvalue weighted by molar-refractivity contribution is 0.243. The minimum atomic E-state index is -0.536. The number of rotatable bonds is 4. The van der Waals surface area contributed by atoms with Gasteiger partial charge in [0.15, 0.2) is 0 Å². The molecule has 2 heterocycles. The summed E-state index contributed by atoms with van der Waals surface area (Å²) >= 11 is 1.09. The normalized spacial score (nSPS) is 11.0. The Balaban J connectivity index is 1.37. The molecular formula is C23H16FN5O2S. The summed E-state index contributed by atoms with van der Waals surface area (Å²) in [6, 6.07) is 20.4. The van der Waals surface area contributed by atoms with Crippen molar-refractivity contribution in [3.63, 3.8) is 0 Å². The predicted octanol–water partition coefficient (Wildman–Crippen LogP) is 4.21. The van der Waals surface area contributed by atoms with Crippen LogP contribution in [0.1, 0.15) is 5.69 Å². The Bertz CT molecular complexity index is 1470. The summed E-state index contributed by atoms with van der Waals surface area (Å²) in [5.74, 6) is -0.342. The van der Waals surface area contributed by atoms with Crippen LogP contribution in [0, 0.1) is 5.82 Å². The molecule has 5 aromatic rings. The van der Waals surface area contributed by atoms with E-state index >= 15 is 0 Å². The third-order valence-corrected chi connectivity index (χ3v) is 5.99. The number of hydrogen-bond acceptors (Lipinski definition) is 5. The first-order valence-corrected chi connectivity index (χ1v) is 10.5. The molecule has 3 aromatic carbocycles. The maximum absolute atomic E-state index is 13.1. The number of aromatic nitrogens is 4. The van der Waals surface area contributed by atoms with Gasteiger partial charge < -0.3 is 5.32 Å². The van der Waals surface area contributed by atoms with Gasteiger partial charge in [-0.05, 0) is 53.0 Å². The average Bonchev–Trinajstić information content (AvgIpc) is 3.43. The number of carbonyl (C=O) groups is 1. The van der Waals surface area contributed by atoms with E-state index in [4.69, 9.17) is 0 Å². The number of hydrogen-bond donors (Lipinski definition) is 1. The zero-order chi connectivity index (χ0) is 22.1. The van der Waals surface area contributed by atoms with Gasteiger partial charge in [-0.2, -0.15) is 3.96 Å². The van der Waals surface area contributed by atoms with Gasteiger partial charge in [0.1, 0.15) is 11.5 Å². The number of halogens is 1. The lowest BCUT2D eigenvalue weighted by Gasteiger charge is -2.02. The Hall–Kier alpha value is -4.11.